The van der Waals surface area contributed by atoms with Crippen LogP contribution < -0.4 is 0 Å². The molecular formula is C16H20Cl2N2O3. The van der Waals surface area contributed by atoms with Gasteiger partial charge in [-0.2, -0.15) is 0 Å². The zero-order valence-electron chi connectivity index (χ0n) is 12.9. The minimum absolute atomic E-state index is 0.00871. The maximum atomic E-state index is 12.2. The number of rotatable bonds is 5. The maximum Gasteiger partial charge on any atom is 0.226 e. The molecule has 0 radical (unpaired) electrons. The third kappa shape index (κ3) is 3.29. The lowest BCUT2D eigenvalue weighted by molar-refractivity contribution is -0.132. The number of phenols is 1. The molecule has 2 fully saturated rings. The van der Waals surface area contributed by atoms with Crippen molar-refractivity contribution >= 4 is 29.1 Å². The molecule has 1 heterocycles. The summed E-state index contributed by atoms with van der Waals surface area (Å²) in [4.78, 5) is 16.1. The monoisotopic (exact) mass is 358 g/mol. The molecule has 1 aromatic carbocycles. The number of likely N-dealkylation sites (N-methyl/N-ethyl adjacent to an activating group) is 1. The van der Waals surface area contributed by atoms with Gasteiger partial charge in [0.15, 0.2) is 0 Å². The number of phenolic OH excluding ortho intramolecular Hbond substituents is 1. The Kier molecular flexibility index (Phi) is 4.74. The van der Waals surface area contributed by atoms with Crippen molar-refractivity contribution in [3.05, 3.63) is 27.7 Å². The molecule has 126 valence electrons. The molecular weight excluding hydrogens is 339 g/mol. The Hall–Kier alpha value is -1.01. The van der Waals surface area contributed by atoms with Gasteiger partial charge in [0, 0.05) is 49.7 Å². The van der Waals surface area contributed by atoms with E-state index in [9.17, 15) is 9.90 Å². The largest absolute Gasteiger partial charge is 0.506 e. The second kappa shape index (κ2) is 6.48. The average Bonchev–Trinajstić information content (AvgIpc) is 2.99. The lowest BCUT2D eigenvalue weighted by Gasteiger charge is -2.22. The molecule has 2 aliphatic rings. The highest BCUT2D eigenvalue weighted by Gasteiger charge is 2.59. The Balaban J connectivity index is 1.57. The summed E-state index contributed by atoms with van der Waals surface area (Å²) in [6, 6.07) is 3.25. The van der Waals surface area contributed by atoms with Crippen molar-refractivity contribution in [1.29, 1.82) is 0 Å². The molecule has 1 saturated carbocycles. The maximum absolute atomic E-state index is 12.2. The van der Waals surface area contributed by atoms with E-state index >= 15 is 0 Å². The molecule has 2 N–H and O–H groups in total. The van der Waals surface area contributed by atoms with Crippen molar-refractivity contribution in [1.82, 2.24) is 9.80 Å². The predicted octanol–water partition coefficient (Wildman–Crippen LogP) is 1.83. The number of hydrogen-bond acceptors (Lipinski definition) is 4. The second-order valence-corrected chi connectivity index (χ2v) is 7.27. The highest BCUT2D eigenvalue weighted by Crippen LogP contribution is 2.53. The number of hydrogen-bond donors (Lipinski definition) is 2. The summed E-state index contributed by atoms with van der Waals surface area (Å²) in [5, 5.41) is 19.7. The molecule has 5 nitrogen and oxygen atoms in total. The van der Waals surface area contributed by atoms with Gasteiger partial charge >= 0.3 is 0 Å². The fourth-order valence-electron chi connectivity index (χ4n) is 3.60. The van der Waals surface area contributed by atoms with Crippen molar-refractivity contribution in [3.63, 3.8) is 0 Å². The number of fused-ring (bicyclic) bond motifs is 1. The highest BCUT2D eigenvalue weighted by atomic mass is 35.5. The van der Waals surface area contributed by atoms with E-state index in [4.69, 9.17) is 28.3 Å². The quantitative estimate of drug-likeness (QED) is 0.842. The number of amides is 1. The summed E-state index contributed by atoms with van der Waals surface area (Å²) in [7, 11) is 1.73. The van der Waals surface area contributed by atoms with Gasteiger partial charge in [0.25, 0.3) is 0 Å². The van der Waals surface area contributed by atoms with Crippen molar-refractivity contribution in [2.75, 3.05) is 33.3 Å². The van der Waals surface area contributed by atoms with Gasteiger partial charge in [0.05, 0.1) is 11.6 Å². The van der Waals surface area contributed by atoms with Crippen LogP contribution in [0.2, 0.25) is 10.0 Å². The van der Waals surface area contributed by atoms with E-state index in [1.165, 1.54) is 6.07 Å². The molecule has 1 saturated heterocycles. The van der Waals surface area contributed by atoms with Gasteiger partial charge in [0.1, 0.15) is 5.75 Å². The first-order valence-corrected chi connectivity index (χ1v) is 8.43. The molecule has 0 spiro atoms. The number of aliphatic hydroxyl groups excluding tert-OH is 1. The lowest BCUT2D eigenvalue weighted by atomic mass is 10.1. The molecule has 1 aliphatic carbocycles. The summed E-state index contributed by atoms with van der Waals surface area (Å²) in [6.07, 6.45) is 0. The number of carbonyl (C=O) groups excluding carboxylic acids is 1. The van der Waals surface area contributed by atoms with Crippen LogP contribution in [0.3, 0.4) is 0 Å². The van der Waals surface area contributed by atoms with Crippen LogP contribution in [-0.4, -0.2) is 59.2 Å². The van der Waals surface area contributed by atoms with Crippen LogP contribution in [0.5, 0.6) is 5.75 Å². The van der Waals surface area contributed by atoms with E-state index in [1.54, 1.807) is 18.0 Å². The van der Waals surface area contributed by atoms with E-state index < -0.39 is 0 Å². The number of aromatic hydroxyl groups is 1. The number of nitrogens with zero attached hydrogens (tertiary/aromatic N) is 2. The Morgan fingerprint density at radius 1 is 1.35 bits per heavy atom. The summed E-state index contributed by atoms with van der Waals surface area (Å²) in [5.41, 5.74) is 0.712. The minimum Gasteiger partial charge on any atom is -0.506 e. The van der Waals surface area contributed by atoms with E-state index in [-0.39, 0.29) is 29.2 Å². The van der Waals surface area contributed by atoms with E-state index in [0.29, 0.717) is 35.5 Å². The molecule has 7 heteroatoms. The number of likely N-dealkylation sites (tertiary alicyclic amines) is 1. The molecule has 0 aromatic heterocycles. The number of piperidine rings is 1. The van der Waals surface area contributed by atoms with Crippen LogP contribution in [0.4, 0.5) is 0 Å². The van der Waals surface area contributed by atoms with Crippen molar-refractivity contribution in [2.45, 2.75) is 6.54 Å². The van der Waals surface area contributed by atoms with Gasteiger partial charge in [-0.1, -0.05) is 23.2 Å². The Morgan fingerprint density at radius 3 is 2.61 bits per heavy atom. The SMILES string of the molecule is CN(CCO)C(=O)C1[C@H]2CN(Cc3cc(Cl)cc(Cl)c3O)C[C@@H]12. The Morgan fingerprint density at radius 2 is 2.00 bits per heavy atom. The molecule has 1 unspecified atom stereocenters. The van der Waals surface area contributed by atoms with Gasteiger partial charge < -0.3 is 15.1 Å². The van der Waals surface area contributed by atoms with E-state index in [1.807, 2.05) is 0 Å². The number of carbonyl (C=O) groups is 1. The number of benzene rings is 1. The third-order valence-electron chi connectivity index (χ3n) is 4.87. The molecule has 23 heavy (non-hydrogen) atoms. The van der Waals surface area contributed by atoms with Crippen molar-refractivity contribution in [2.24, 2.45) is 17.8 Å². The Bertz CT molecular complexity index is 614. The lowest BCUT2D eigenvalue weighted by Crippen LogP contribution is -2.34. The normalized spacial score (nSPS) is 26.2. The zero-order valence-corrected chi connectivity index (χ0v) is 14.4. The Labute approximate surface area is 145 Å². The van der Waals surface area contributed by atoms with Gasteiger partial charge in [0.2, 0.25) is 5.91 Å². The van der Waals surface area contributed by atoms with Gasteiger partial charge in [-0.05, 0) is 24.0 Å². The van der Waals surface area contributed by atoms with Gasteiger partial charge in [-0.25, -0.2) is 0 Å². The predicted molar refractivity (Wildman–Crippen MR) is 88.6 cm³/mol. The molecule has 1 aliphatic heterocycles. The topological polar surface area (TPSA) is 64.0 Å². The molecule has 3 rings (SSSR count). The fraction of sp³-hybridized carbons (Fsp3) is 0.562. The molecule has 1 aromatic rings. The van der Waals surface area contributed by atoms with Crippen LogP contribution in [0, 0.1) is 17.8 Å². The summed E-state index contributed by atoms with van der Waals surface area (Å²) in [6.45, 7) is 2.61. The summed E-state index contributed by atoms with van der Waals surface area (Å²) in [5.74, 6) is 1.04. The standard InChI is InChI=1S/C16H20Cl2N2O3/c1-19(2-3-21)16(23)14-11-7-20(8-12(11)14)6-9-4-10(17)5-13(18)15(9)22/h4-5,11-12,14,21-22H,2-3,6-8H2,1H3/t11-,12+,14?. The third-order valence-corrected chi connectivity index (χ3v) is 5.37. The number of aliphatic hydroxyl groups is 1. The minimum atomic E-state index is -0.00871. The smallest absolute Gasteiger partial charge is 0.226 e. The first kappa shape index (κ1) is 16.8. The van der Waals surface area contributed by atoms with Crippen molar-refractivity contribution < 1.29 is 15.0 Å². The van der Waals surface area contributed by atoms with Crippen molar-refractivity contribution in [3.8, 4) is 5.75 Å². The van der Waals surface area contributed by atoms with Crippen LogP contribution >= 0.6 is 23.2 Å². The van der Waals surface area contributed by atoms with Crippen LogP contribution in [0.25, 0.3) is 0 Å². The van der Waals surface area contributed by atoms with Crippen LogP contribution in [0.15, 0.2) is 12.1 Å². The van der Waals surface area contributed by atoms with Gasteiger partial charge in [-0.3, -0.25) is 9.69 Å². The first-order valence-electron chi connectivity index (χ1n) is 7.67. The van der Waals surface area contributed by atoms with Crippen LogP contribution in [0.1, 0.15) is 5.56 Å². The highest BCUT2D eigenvalue weighted by molar-refractivity contribution is 6.35. The zero-order chi connectivity index (χ0) is 16.7. The molecule has 0 bridgehead atoms. The first-order chi connectivity index (χ1) is 10.9. The van der Waals surface area contributed by atoms with Crippen LogP contribution in [-0.2, 0) is 11.3 Å². The second-order valence-electron chi connectivity index (χ2n) is 6.43. The van der Waals surface area contributed by atoms with E-state index in [0.717, 1.165) is 13.1 Å². The fourth-order valence-corrected chi connectivity index (χ4v) is 4.14. The molecule has 3 atom stereocenters. The summed E-state index contributed by atoms with van der Waals surface area (Å²) < 4.78 is 0. The van der Waals surface area contributed by atoms with Gasteiger partial charge in [-0.15, -0.1) is 0 Å². The number of halogens is 2. The van der Waals surface area contributed by atoms with E-state index in [2.05, 4.69) is 4.90 Å². The summed E-state index contributed by atoms with van der Waals surface area (Å²) >= 11 is 11.9. The molecule has 1 amide bonds. The average molecular weight is 359 g/mol.